The van der Waals surface area contributed by atoms with Crippen LogP contribution in [-0.4, -0.2) is 5.11 Å². The number of hydrogen-bond acceptors (Lipinski definition) is 1. The lowest BCUT2D eigenvalue weighted by Gasteiger charge is -2.12. The highest BCUT2D eigenvalue weighted by Gasteiger charge is 2.08. The third-order valence-corrected chi connectivity index (χ3v) is 4.20. The number of hydrogen-bond donors (Lipinski definition) is 1. The minimum Gasteiger partial charge on any atom is -0.508 e. The smallest absolute Gasteiger partial charge is 0.115 e. The molecule has 106 valence electrons. The van der Waals surface area contributed by atoms with E-state index in [2.05, 4.69) is 54.6 Å². The number of rotatable bonds is 2. The Morgan fingerprint density at radius 3 is 1.77 bits per heavy atom. The molecular formula is C21H16O. The maximum Gasteiger partial charge on any atom is 0.115 e. The molecule has 0 fully saturated rings. The third kappa shape index (κ3) is 2.21. The van der Waals surface area contributed by atoms with Crippen LogP contribution in [0.4, 0.5) is 0 Å². The Labute approximate surface area is 129 Å². The van der Waals surface area contributed by atoms with Gasteiger partial charge < -0.3 is 5.11 Å². The molecule has 0 atom stereocenters. The first-order valence-corrected chi connectivity index (χ1v) is 7.48. The number of aromatic hydroxyl groups is 1. The summed E-state index contributed by atoms with van der Waals surface area (Å²) in [6.07, 6.45) is 0.863. The zero-order valence-electron chi connectivity index (χ0n) is 12.2. The molecular weight excluding hydrogens is 268 g/mol. The molecule has 4 aromatic rings. The van der Waals surface area contributed by atoms with Gasteiger partial charge in [0.2, 0.25) is 0 Å². The number of fused-ring (bicyclic) bond motifs is 2. The van der Waals surface area contributed by atoms with Gasteiger partial charge in [0.1, 0.15) is 5.75 Å². The Morgan fingerprint density at radius 1 is 0.636 bits per heavy atom. The van der Waals surface area contributed by atoms with Gasteiger partial charge >= 0.3 is 0 Å². The number of benzene rings is 4. The molecule has 0 heterocycles. The lowest BCUT2D eigenvalue weighted by molar-refractivity contribution is 0.475. The fraction of sp³-hybridized carbons (Fsp3) is 0.0476. The largest absolute Gasteiger partial charge is 0.508 e. The van der Waals surface area contributed by atoms with Crippen molar-refractivity contribution in [2.45, 2.75) is 6.42 Å². The SMILES string of the molecule is Oc1ccc(Cc2c3ccccc3cc3ccccc23)cc1. The second-order valence-corrected chi connectivity index (χ2v) is 5.64. The van der Waals surface area contributed by atoms with E-state index in [4.69, 9.17) is 0 Å². The number of phenols is 1. The van der Waals surface area contributed by atoms with Gasteiger partial charge in [-0.15, -0.1) is 0 Å². The highest BCUT2D eigenvalue weighted by atomic mass is 16.3. The molecule has 0 amide bonds. The van der Waals surface area contributed by atoms with Crippen LogP contribution in [0.1, 0.15) is 11.1 Å². The highest BCUT2D eigenvalue weighted by molar-refractivity contribution is 6.02. The van der Waals surface area contributed by atoms with Crippen molar-refractivity contribution in [2.24, 2.45) is 0 Å². The fourth-order valence-electron chi connectivity index (χ4n) is 3.12. The van der Waals surface area contributed by atoms with Crippen LogP contribution in [0.25, 0.3) is 21.5 Å². The molecule has 0 bridgehead atoms. The van der Waals surface area contributed by atoms with Gasteiger partial charge in [-0.3, -0.25) is 0 Å². The fourth-order valence-corrected chi connectivity index (χ4v) is 3.12. The van der Waals surface area contributed by atoms with Crippen molar-refractivity contribution in [3.05, 3.63) is 90.0 Å². The van der Waals surface area contributed by atoms with Crippen molar-refractivity contribution in [3.8, 4) is 5.75 Å². The molecule has 0 radical (unpaired) electrons. The quantitative estimate of drug-likeness (QED) is 0.496. The minimum absolute atomic E-state index is 0.312. The molecule has 0 aliphatic carbocycles. The Balaban J connectivity index is 1.97. The van der Waals surface area contributed by atoms with Gasteiger partial charge in [0, 0.05) is 0 Å². The first kappa shape index (κ1) is 12.9. The summed E-state index contributed by atoms with van der Waals surface area (Å²) < 4.78 is 0. The minimum atomic E-state index is 0.312. The molecule has 4 aromatic carbocycles. The van der Waals surface area contributed by atoms with Crippen molar-refractivity contribution in [1.82, 2.24) is 0 Å². The lowest BCUT2D eigenvalue weighted by atomic mass is 9.92. The van der Waals surface area contributed by atoms with Crippen molar-refractivity contribution in [2.75, 3.05) is 0 Å². The molecule has 0 aliphatic rings. The Bertz CT molecular complexity index is 898. The van der Waals surface area contributed by atoms with E-state index < -0.39 is 0 Å². The first-order valence-electron chi connectivity index (χ1n) is 7.48. The van der Waals surface area contributed by atoms with E-state index in [0.29, 0.717) is 5.75 Å². The monoisotopic (exact) mass is 284 g/mol. The average molecular weight is 284 g/mol. The molecule has 0 spiro atoms. The summed E-state index contributed by atoms with van der Waals surface area (Å²) in [5, 5.41) is 14.6. The molecule has 0 aromatic heterocycles. The normalized spacial score (nSPS) is 11.1. The standard InChI is InChI=1S/C21H16O/c22-18-11-9-15(10-12-18)13-21-19-7-3-1-5-16(19)14-17-6-2-4-8-20(17)21/h1-12,14,22H,13H2. The van der Waals surface area contributed by atoms with Gasteiger partial charge in [0.15, 0.2) is 0 Å². The van der Waals surface area contributed by atoms with Crippen LogP contribution in [0.3, 0.4) is 0 Å². The molecule has 4 rings (SSSR count). The molecule has 0 saturated heterocycles. The van der Waals surface area contributed by atoms with Crippen LogP contribution in [0.15, 0.2) is 78.9 Å². The van der Waals surface area contributed by atoms with E-state index in [9.17, 15) is 5.11 Å². The summed E-state index contributed by atoms with van der Waals surface area (Å²) in [5.41, 5.74) is 2.55. The Kier molecular flexibility index (Phi) is 3.05. The molecule has 0 saturated carbocycles. The van der Waals surface area contributed by atoms with Gasteiger partial charge in [0.05, 0.1) is 0 Å². The van der Waals surface area contributed by atoms with Crippen LogP contribution in [0.2, 0.25) is 0 Å². The lowest BCUT2D eigenvalue weighted by Crippen LogP contribution is -1.92. The zero-order valence-corrected chi connectivity index (χ0v) is 12.2. The van der Waals surface area contributed by atoms with Crippen LogP contribution in [0, 0.1) is 0 Å². The number of phenolic OH excluding ortho intramolecular Hbond substituents is 1. The van der Waals surface area contributed by atoms with Gasteiger partial charge in [-0.2, -0.15) is 0 Å². The van der Waals surface area contributed by atoms with Crippen molar-refractivity contribution in [1.29, 1.82) is 0 Å². The molecule has 0 unspecified atom stereocenters. The molecule has 1 N–H and O–H groups in total. The van der Waals surface area contributed by atoms with Crippen LogP contribution in [0.5, 0.6) is 5.75 Å². The second-order valence-electron chi connectivity index (χ2n) is 5.64. The second kappa shape index (κ2) is 5.19. The zero-order chi connectivity index (χ0) is 14.9. The third-order valence-electron chi connectivity index (χ3n) is 4.20. The first-order chi connectivity index (χ1) is 10.8. The average Bonchev–Trinajstić information content (AvgIpc) is 2.56. The van der Waals surface area contributed by atoms with E-state index in [1.54, 1.807) is 12.1 Å². The van der Waals surface area contributed by atoms with E-state index in [-0.39, 0.29) is 0 Å². The van der Waals surface area contributed by atoms with Gasteiger partial charge in [-0.25, -0.2) is 0 Å². The van der Waals surface area contributed by atoms with Crippen molar-refractivity contribution in [3.63, 3.8) is 0 Å². The summed E-state index contributed by atoms with van der Waals surface area (Å²) in [7, 11) is 0. The predicted molar refractivity (Wildman–Crippen MR) is 92.4 cm³/mol. The van der Waals surface area contributed by atoms with Gasteiger partial charge in [-0.1, -0.05) is 60.7 Å². The molecule has 22 heavy (non-hydrogen) atoms. The Hall–Kier alpha value is -2.80. The molecule has 1 heteroatoms. The summed E-state index contributed by atoms with van der Waals surface area (Å²) in [6.45, 7) is 0. The summed E-state index contributed by atoms with van der Waals surface area (Å²) >= 11 is 0. The van der Waals surface area contributed by atoms with E-state index in [0.717, 1.165) is 6.42 Å². The highest BCUT2D eigenvalue weighted by Crippen LogP contribution is 2.30. The van der Waals surface area contributed by atoms with E-state index in [1.165, 1.54) is 32.7 Å². The van der Waals surface area contributed by atoms with Crippen molar-refractivity contribution >= 4 is 21.5 Å². The maximum atomic E-state index is 9.47. The van der Waals surface area contributed by atoms with Crippen LogP contribution in [-0.2, 0) is 6.42 Å². The summed E-state index contributed by atoms with van der Waals surface area (Å²) in [5.74, 6) is 0.312. The van der Waals surface area contributed by atoms with E-state index >= 15 is 0 Å². The van der Waals surface area contributed by atoms with Crippen LogP contribution < -0.4 is 0 Å². The summed E-state index contributed by atoms with van der Waals surface area (Å²) in [6, 6.07) is 26.8. The van der Waals surface area contributed by atoms with Crippen molar-refractivity contribution < 1.29 is 5.11 Å². The van der Waals surface area contributed by atoms with E-state index in [1.807, 2.05) is 12.1 Å². The predicted octanol–water partition coefficient (Wildman–Crippen LogP) is 5.29. The Morgan fingerprint density at radius 2 is 1.18 bits per heavy atom. The van der Waals surface area contributed by atoms with Gasteiger partial charge in [0.25, 0.3) is 0 Å². The molecule has 1 nitrogen and oxygen atoms in total. The topological polar surface area (TPSA) is 20.2 Å². The maximum absolute atomic E-state index is 9.47. The van der Waals surface area contributed by atoms with Gasteiger partial charge in [-0.05, 0) is 57.3 Å². The molecule has 0 aliphatic heterocycles. The summed E-state index contributed by atoms with van der Waals surface area (Å²) in [4.78, 5) is 0. The van der Waals surface area contributed by atoms with Crippen LogP contribution >= 0.6 is 0 Å².